The van der Waals surface area contributed by atoms with Gasteiger partial charge >= 0.3 is 0 Å². The lowest BCUT2D eigenvalue weighted by Crippen LogP contribution is -2.41. The van der Waals surface area contributed by atoms with E-state index >= 15 is 0 Å². The molecule has 0 spiro atoms. The molecule has 0 aliphatic carbocycles. The van der Waals surface area contributed by atoms with Crippen LogP contribution >= 0.6 is 35.3 Å². The third-order valence-electron chi connectivity index (χ3n) is 3.28. The van der Waals surface area contributed by atoms with Gasteiger partial charge in [-0.3, -0.25) is 4.90 Å². The minimum Gasteiger partial charge on any atom is -0.468 e. The molecule has 0 radical (unpaired) electrons. The molecule has 2 N–H and O–H groups in total. The van der Waals surface area contributed by atoms with Crippen LogP contribution in [0.1, 0.15) is 23.6 Å². The molecule has 1 atom stereocenters. The molecule has 0 amide bonds. The first kappa shape index (κ1) is 20.0. The van der Waals surface area contributed by atoms with Crippen molar-refractivity contribution in [2.45, 2.75) is 19.5 Å². The molecule has 128 valence electrons. The summed E-state index contributed by atoms with van der Waals surface area (Å²) < 4.78 is 5.53. The molecule has 0 saturated heterocycles. The van der Waals surface area contributed by atoms with Gasteiger partial charge in [-0.25, -0.2) is 4.99 Å². The molecule has 0 saturated carbocycles. The van der Waals surface area contributed by atoms with Crippen LogP contribution in [-0.2, 0) is 6.54 Å². The van der Waals surface area contributed by atoms with Crippen molar-refractivity contribution in [2.75, 3.05) is 27.2 Å². The lowest BCUT2D eigenvalue weighted by molar-refractivity contribution is 0.258. The molecule has 1 unspecified atom stereocenters. The Kier molecular flexibility index (Phi) is 9.27. The first-order chi connectivity index (χ1) is 10.7. The predicted octanol–water partition coefficient (Wildman–Crippen LogP) is 3.32. The van der Waals surface area contributed by atoms with Crippen molar-refractivity contribution in [3.8, 4) is 0 Å². The van der Waals surface area contributed by atoms with Gasteiger partial charge in [0.1, 0.15) is 5.76 Å². The van der Waals surface area contributed by atoms with E-state index in [9.17, 15) is 0 Å². The maximum atomic E-state index is 5.53. The van der Waals surface area contributed by atoms with E-state index in [4.69, 9.17) is 4.42 Å². The Labute approximate surface area is 159 Å². The summed E-state index contributed by atoms with van der Waals surface area (Å²) in [6.07, 6.45) is 1.71. The van der Waals surface area contributed by atoms with Crippen LogP contribution < -0.4 is 10.6 Å². The highest BCUT2D eigenvalue weighted by Crippen LogP contribution is 2.17. The van der Waals surface area contributed by atoms with Gasteiger partial charge in [0.2, 0.25) is 0 Å². The van der Waals surface area contributed by atoms with Gasteiger partial charge in [0.05, 0.1) is 18.8 Å². The number of halogens is 1. The van der Waals surface area contributed by atoms with Crippen molar-refractivity contribution in [3.05, 3.63) is 46.5 Å². The largest absolute Gasteiger partial charge is 0.468 e. The zero-order valence-corrected chi connectivity index (χ0v) is 16.9. The molecule has 2 rings (SSSR count). The highest BCUT2D eigenvalue weighted by Gasteiger charge is 2.17. The number of aliphatic imine (C=N–C) groups is 1. The average Bonchev–Trinajstić information content (AvgIpc) is 3.18. The summed E-state index contributed by atoms with van der Waals surface area (Å²) >= 11 is 1.72. The molecule has 0 fully saturated rings. The maximum Gasteiger partial charge on any atom is 0.191 e. The predicted molar refractivity (Wildman–Crippen MR) is 108 cm³/mol. The number of guanidine groups is 1. The molecule has 0 aromatic carbocycles. The number of hydrogen-bond donors (Lipinski definition) is 2. The zero-order chi connectivity index (χ0) is 15.8. The van der Waals surface area contributed by atoms with Crippen LogP contribution in [0.5, 0.6) is 0 Å². The molecule has 0 bridgehead atoms. The molecule has 2 heterocycles. The van der Waals surface area contributed by atoms with Crippen molar-refractivity contribution in [1.82, 2.24) is 15.5 Å². The molecule has 7 heteroatoms. The number of furan rings is 1. The Bertz CT molecular complexity index is 555. The number of thiophene rings is 1. The first-order valence-electron chi connectivity index (χ1n) is 7.45. The van der Waals surface area contributed by atoms with Gasteiger partial charge in [-0.05, 0) is 44.6 Å². The van der Waals surface area contributed by atoms with E-state index in [0.717, 1.165) is 24.8 Å². The Morgan fingerprint density at radius 1 is 1.30 bits per heavy atom. The van der Waals surface area contributed by atoms with E-state index in [1.165, 1.54) is 4.88 Å². The Balaban J connectivity index is 0.00000264. The van der Waals surface area contributed by atoms with Gasteiger partial charge < -0.3 is 15.1 Å². The Hall–Kier alpha value is -1.06. The fourth-order valence-corrected chi connectivity index (χ4v) is 2.74. The standard InChI is InChI=1S/C16H24N4OS.HI/c1-4-17-16(18-11-13-7-6-10-22-13)19-12-14(20(2)3)15-8-5-9-21-15;/h5-10,14H,4,11-12H2,1-3H3,(H2,17,18,19);1H. The smallest absolute Gasteiger partial charge is 0.191 e. The highest BCUT2D eigenvalue weighted by atomic mass is 127. The van der Waals surface area contributed by atoms with Gasteiger partial charge in [-0.15, -0.1) is 35.3 Å². The minimum absolute atomic E-state index is 0. The van der Waals surface area contributed by atoms with Crippen molar-refractivity contribution in [1.29, 1.82) is 0 Å². The third kappa shape index (κ3) is 6.52. The molecule has 0 aliphatic heterocycles. The number of hydrogen-bond acceptors (Lipinski definition) is 4. The first-order valence-corrected chi connectivity index (χ1v) is 8.33. The van der Waals surface area contributed by atoms with Gasteiger partial charge in [-0.1, -0.05) is 6.07 Å². The van der Waals surface area contributed by atoms with E-state index in [1.807, 2.05) is 26.2 Å². The summed E-state index contributed by atoms with van der Waals surface area (Å²) in [7, 11) is 4.09. The van der Waals surface area contributed by atoms with Gasteiger partial charge in [-0.2, -0.15) is 0 Å². The zero-order valence-electron chi connectivity index (χ0n) is 13.8. The second kappa shape index (κ2) is 10.7. The molecule has 2 aromatic heterocycles. The Morgan fingerprint density at radius 2 is 2.13 bits per heavy atom. The van der Waals surface area contributed by atoms with Gasteiger partial charge in [0, 0.05) is 18.0 Å². The van der Waals surface area contributed by atoms with Crippen LogP contribution in [-0.4, -0.2) is 38.0 Å². The van der Waals surface area contributed by atoms with Crippen LogP contribution in [0.15, 0.2) is 45.3 Å². The summed E-state index contributed by atoms with van der Waals surface area (Å²) in [5, 5.41) is 8.75. The van der Waals surface area contributed by atoms with E-state index in [0.29, 0.717) is 6.54 Å². The third-order valence-corrected chi connectivity index (χ3v) is 4.14. The number of nitrogens with one attached hydrogen (secondary N) is 2. The van der Waals surface area contributed by atoms with Crippen LogP contribution in [0.3, 0.4) is 0 Å². The topological polar surface area (TPSA) is 52.8 Å². The van der Waals surface area contributed by atoms with Crippen molar-refractivity contribution >= 4 is 41.3 Å². The monoisotopic (exact) mass is 448 g/mol. The molecule has 23 heavy (non-hydrogen) atoms. The number of likely N-dealkylation sites (N-methyl/N-ethyl adjacent to an activating group) is 1. The van der Waals surface area contributed by atoms with Crippen LogP contribution in [0.2, 0.25) is 0 Å². The van der Waals surface area contributed by atoms with Crippen molar-refractivity contribution < 1.29 is 4.42 Å². The highest BCUT2D eigenvalue weighted by molar-refractivity contribution is 14.0. The summed E-state index contributed by atoms with van der Waals surface area (Å²) in [5.74, 6) is 1.78. The van der Waals surface area contributed by atoms with E-state index in [1.54, 1.807) is 17.6 Å². The van der Waals surface area contributed by atoms with Gasteiger partial charge in [0.25, 0.3) is 0 Å². The summed E-state index contributed by atoms with van der Waals surface area (Å²) in [5.41, 5.74) is 0. The van der Waals surface area contributed by atoms with Crippen LogP contribution in [0, 0.1) is 0 Å². The molecule has 2 aromatic rings. The number of rotatable bonds is 7. The SMILES string of the molecule is CCNC(=NCc1cccs1)NCC(c1ccco1)N(C)C.I. The van der Waals surface area contributed by atoms with E-state index < -0.39 is 0 Å². The van der Waals surface area contributed by atoms with Crippen molar-refractivity contribution in [3.63, 3.8) is 0 Å². The second-order valence-corrected chi connectivity index (χ2v) is 6.18. The lowest BCUT2D eigenvalue weighted by atomic mass is 10.2. The number of nitrogens with zero attached hydrogens (tertiary/aromatic N) is 2. The fraction of sp³-hybridized carbons (Fsp3) is 0.438. The minimum atomic E-state index is 0. The van der Waals surface area contributed by atoms with E-state index in [-0.39, 0.29) is 30.0 Å². The summed E-state index contributed by atoms with van der Waals surface area (Å²) in [6, 6.07) is 8.24. The normalized spacial score (nSPS) is 12.8. The van der Waals surface area contributed by atoms with Crippen molar-refractivity contribution in [2.24, 2.45) is 4.99 Å². The molecule has 5 nitrogen and oxygen atoms in total. The van der Waals surface area contributed by atoms with E-state index in [2.05, 4.69) is 45.0 Å². The summed E-state index contributed by atoms with van der Waals surface area (Å²) in [6.45, 7) is 4.33. The molecule has 0 aliphatic rings. The van der Waals surface area contributed by atoms with Crippen LogP contribution in [0.25, 0.3) is 0 Å². The summed E-state index contributed by atoms with van der Waals surface area (Å²) in [4.78, 5) is 8.01. The quantitative estimate of drug-likeness (QED) is 0.388. The van der Waals surface area contributed by atoms with Crippen LogP contribution in [0.4, 0.5) is 0 Å². The molecular formula is C16H25IN4OS. The van der Waals surface area contributed by atoms with Gasteiger partial charge in [0.15, 0.2) is 5.96 Å². The average molecular weight is 448 g/mol. The molecular weight excluding hydrogens is 423 g/mol. The maximum absolute atomic E-state index is 5.53. The Morgan fingerprint density at radius 3 is 2.70 bits per heavy atom. The second-order valence-electron chi connectivity index (χ2n) is 5.15. The fourth-order valence-electron chi connectivity index (χ4n) is 2.11. The lowest BCUT2D eigenvalue weighted by Gasteiger charge is -2.23.